The molecule has 1 atom stereocenters. The van der Waals surface area contributed by atoms with E-state index in [2.05, 4.69) is 24.3 Å². The lowest BCUT2D eigenvalue weighted by atomic mass is 9.94. The standard InChI is InChI=1S/C24H25NO2/c1-27-23-13-11-19(12-14-23)22-8-4-5-15-25(17-22)24(26)21-10-9-18-6-2-3-7-20(18)16-21/h2-3,6-7,9-14,16,22H,4-5,8,15,17H2,1H3. The molecule has 1 aliphatic rings. The fraction of sp³-hybridized carbons (Fsp3) is 0.292. The molecular formula is C24H25NO2. The average molecular weight is 359 g/mol. The van der Waals surface area contributed by atoms with Gasteiger partial charge in [0.2, 0.25) is 0 Å². The minimum atomic E-state index is 0.140. The summed E-state index contributed by atoms with van der Waals surface area (Å²) in [5, 5.41) is 2.28. The van der Waals surface area contributed by atoms with E-state index in [9.17, 15) is 4.79 Å². The first-order valence-corrected chi connectivity index (χ1v) is 9.66. The quantitative estimate of drug-likeness (QED) is 0.638. The zero-order valence-corrected chi connectivity index (χ0v) is 15.7. The maximum Gasteiger partial charge on any atom is 0.253 e. The smallest absolute Gasteiger partial charge is 0.253 e. The average Bonchev–Trinajstić information content (AvgIpc) is 2.99. The second kappa shape index (κ2) is 7.83. The van der Waals surface area contributed by atoms with Crippen molar-refractivity contribution in [3.8, 4) is 5.75 Å². The molecule has 1 heterocycles. The molecule has 1 amide bonds. The zero-order valence-electron chi connectivity index (χ0n) is 15.7. The van der Waals surface area contributed by atoms with Crippen LogP contribution in [0.1, 0.15) is 41.1 Å². The van der Waals surface area contributed by atoms with Gasteiger partial charge in [0.1, 0.15) is 5.75 Å². The van der Waals surface area contributed by atoms with Crippen LogP contribution in [0.25, 0.3) is 10.8 Å². The van der Waals surface area contributed by atoms with Gasteiger partial charge in [0.25, 0.3) is 5.91 Å². The predicted octanol–water partition coefficient (Wildman–Crippen LogP) is 5.26. The number of ether oxygens (including phenoxy) is 1. The number of hydrogen-bond acceptors (Lipinski definition) is 2. The number of carbonyl (C=O) groups is 1. The molecule has 0 saturated carbocycles. The molecule has 27 heavy (non-hydrogen) atoms. The summed E-state index contributed by atoms with van der Waals surface area (Å²) < 4.78 is 5.27. The molecule has 3 aromatic rings. The molecule has 0 aliphatic carbocycles. The normalized spacial score (nSPS) is 17.5. The summed E-state index contributed by atoms with van der Waals surface area (Å²) in [7, 11) is 1.69. The number of nitrogens with zero attached hydrogens (tertiary/aromatic N) is 1. The molecular weight excluding hydrogens is 334 g/mol. The van der Waals surface area contributed by atoms with Gasteiger partial charge in [0.05, 0.1) is 7.11 Å². The van der Waals surface area contributed by atoms with Gasteiger partial charge in [-0.15, -0.1) is 0 Å². The number of methoxy groups -OCH3 is 1. The van der Waals surface area contributed by atoms with E-state index in [1.807, 2.05) is 47.4 Å². The third-order valence-electron chi connectivity index (χ3n) is 5.54. The molecule has 1 fully saturated rings. The van der Waals surface area contributed by atoms with E-state index >= 15 is 0 Å². The van der Waals surface area contributed by atoms with Crippen molar-refractivity contribution >= 4 is 16.7 Å². The van der Waals surface area contributed by atoms with Crippen LogP contribution in [0.4, 0.5) is 0 Å². The zero-order chi connectivity index (χ0) is 18.6. The number of benzene rings is 3. The Bertz CT molecular complexity index is 933. The highest BCUT2D eigenvalue weighted by atomic mass is 16.5. The summed E-state index contributed by atoms with van der Waals surface area (Å²) in [6, 6.07) is 22.5. The SMILES string of the molecule is COc1ccc(C2CCCCN(C(=O)c3ccc4ccccc4c3)C2)cc1. The first kappa shape index (κ1) is 17.6. The van der Waals surface area contributed by atoms with Crippen LogP contribution in [-0.4, -0.2) is 31.0 Å². The Kier molecular flexibility index (Phi) is 5.10. The Morgan fingerprint density at radius 2 is 1.74 bits per heavy atom. The molecule has 4 rings (SSSR count). The van der Waals surface area contributed by atoms with Crippen LogP contribution in [0.5, 0.6) is 5.75 Å². The summed E-state index contributed by atoms with van der Waals surface area (Å²) >= 11 is 0. The molecule has 138 valence electrons. The van der Waals surface area contributed by atoms with Gasteiger partial charge in [-0.2, -0.15) is 0 Å². The summed E-state index contributed by atoms with van der Waals surface area (Å²) in [4.78, 5) is 15.2. The maximum atomic E-state index is 13.2. The summed E-state index contributed by atoms with van der Waals surface area (Å²) in [5.41, 5.74) is 2.07. The van der Waals surface area contributed by atoms with Crippen molar-refractivity contribution in [2.24, 2.45) is 0 Å². The monoisotopic (exact) mass is 359 g/mol. The highest BCUT2D eigenvalue weighted by Crippen LogP contribution is 2.29. The lowest BCUT2D eigenvalue weighted by molar-refractivity contribution is 0.0754. The summed E-state index contributed by atoms with van der Waals surface area (Å²) in [5.74, 6) is 1.39. The Labute approximate surface area is 160 Å². The van der Waals surface area contributed by atoms with Gasteiger partial charge < -0.3 is 9.64 Å². The molecule has 3 heteroatoms. The van der Waals surface area contributed by atoms with Gasteiger partial charge in [-0.25, -0.2) is 0 Å². The van der Waals surface area contributed by atoms with E-state index in [1.54, 1.807) is 7.11 Å². The van der Waals surface area contributed by atoms with Crippen LogP contribution < -0.4 is 4.74 Å². The minimum absolute atomic E-state index is 0.140. The lowest BCUT2D eigenvalue weighted by Crippen LogP contribution is -2.34. The van der Waals surface area contributed by atoms with E-state index in [0.717, 1.165) is 49.1 Å². The maximum absolute atomic E-state index is 13.2. The second-order valence-corrected chi connectivity index (χ2v) is 7.28. The Morgan fingerprint density at radius 1 is 0.963 bits per heavy atom. The molecule has 0 bridgehead atoms. The number of hydrogen-bond donors (Lipinski definition) is 0. The fourth-order valence-electron chi connectivity index (χ4n) is 3.98. The van der Waals surface area contributed by atoms with Crippen molar-refractivity contribution in [1.29, 1.82) is 0 Å². The van der Waals surface area contributed by atoms with E-state index in [4.69, 9.17) is 4.74 Å². The highest BCUT2D eigenvalue weighted by Gasteiger charge is 2.24. The van der Waals surface area contributed by atoms with Gasteiger partial charge in [-0.3, -0.25) is 4.79 Å². The molecule has 3 nitrogen and oxygen atoms in total. The van der Waals surface area contributed by atoms with Crippen LogP contribution in [0, 0.1) is 0 Å². The van der Waals surface area contributed by atoms with Gasteiger partial charge in [-0.05, 0) is 53.4 Å². The second-order valence-electron chi connectivity index (χ2n) is 7.28. The molecule has 0 N–H and O–H groups in total. The highest BCUT2D eigenvalue weighted by molar-refractivity contribution is 5.98. The molecule has 0 spiro atoms. The van der Waals surface area contributed by atoms with Crippen molar-refractivity contribution in [2.75, 3.05) is 20.2 Å². The van der Waals surface area contributed by atoms with Crippen LogP contribution in [-0.2, 0) is 0 Å². The summed E-state index contributed by atoms with van der Waals surface area (Å²) in [6.45, 7) is 1.61. The Hall–Kier alpha value is -2.81. The summed E-state index contributed by atoms with van der Waals surface area (Å²) in [6.07, 6.45) is 3.33. The van der Waals surface area contributed by atoms with Crippen molar-refractivity contribution in [3.05, 3.63) is 77.9 Å². The minimum Gasteiger partial charge on any atom is -0.497 e. The van der Waals surface area contributed by atoms with E-state index in [-0.39, 0.29) is 5.91 Å². The van der Waals surface area contributed by atoms with E-state index in [1.165, 1.54) is 10.9 Å². The predicted molar refractivity (Wildman–Crippen MR) is 109 cm³/mol. The first-order chi connectivity index (χ1) is 13.2. The Morgan fingerprint density at radius 3 is 2.52 bits per heavy atom. The van der Waals surface area contributed by atoms with Crippen molar-refractivity contribution in [3.63, 3.8) is 0 Å². The molecule has 0 radical (unpaired) electrons. The third kappa shape index (κ3) is 3.82. The molecule has 1 saturated heterocycles. The Balaban J connectivity index is 1.56. The van der Waals surface area contributed by atoms with Crippen LogP contribution >= 0.6 is 0 Å². The van der Waals surface area contributed by atoms with Crippen molar-refractivity contribution in [2.45, 2.75) is 25.2 Å². The fourth-order valence-corrected chi connectivity index (χ4v) is 3.98. The number of carbonyl (C=O) groups excluding carboxylic acids is 1. The number of rotatable bonds is 3. The topological polar surface area (TPSA) is 29.5 Å². The van der Waals surface area contributed by atoms with E-state index in [0.29, 0.717) is 5.92 Å². The van der Waals surface area contributed by atoms with Crippen LogP contribution in [0.15, 0.2) is 66.7 Å². The number of fused-ring (bicyclic) bond motifs is 1. The molecule has 1 unspecified atom stereocenters. The molecule has 0 aromatic heterocycles. The first-order valence-electron chi connectivity index (χ1n) is 9.66. The number of likely N-dealkylation sites (tertiary alicyclic amines) is 1. The van der Waals surface area contributed by atoms with Gasteiger partial charge >= 0.3 is 0 Å². The van der Waals surface area contributed by atoms with Gasteiger partial charge in [-0.1, -0.05) is 48.9 Å². The van der Waals surface area contributed by atoms with E-state index < -0.39 is 0 Å². The molecule has 1 aliphatic heterocycles. The van der Waals surface area contributed by atoms with Crippen molar-refractivity contribution < 1.29 is 9.53 Å². The number of amides is 1. The van der Waals surface area contributed by atoms with Crippen LogP contribution in [0.2, 0.25) is 0 Å². The lowest BCUT2D eigenvalue weighted by Gasteiger charge is -2.25. The van der Waals surface area contributed by atoms with Crippen molar-refractivity contribution in [1.82, 2.24) is 4.90 Å². The molecule has 3 aromatic carbocycles. The van der Waals surface area contributed by atoms with Gasteiger partial charge in [0.15, 0.2) is 0 Å². The largest absolute Gasteiger partial charge is 0.497 e. The van der Waals surface area contributed by atoms with Gasteiger partial charge in [0, 0.05) is 24.6 Å². The third-order valence-corrected chi connectivity index (χ3v) is 5.54. The van der Waals surface area contributed by atoms with Crippen LogP contribution in [0.3, 0.4) is 0 Å².